The average Bonchev–Trinajstić information content (AvgIpc) is 1.82. The minimum Gasteiger partial charge on any atom is -0.299 e. The first-order chi connectivity index (χ1) is 4.18. The van der Waals surface area contributed by atoms with Gasteiger partial charge in [0.15, 0.2) is 6.30 Å². The summed E-state index contributed by atoms with van der Waals surface area (Å²) in [6.07, 6.45) is -3.76. The van der Waals surface area contributed by atoms with Gasteiger partial charge in [0.25, 0.3) is 0 Å². The van der Waals surface area contributed by atoms with Gasteiger partial charge in [-0.15, -0.1) is 12.4 Å². The van der Waals surface area contributed by atoms with E-state index in [-0.39, 0.29) is 25.2 Å². The Bertz CT molecular complexity index is 71.9. The van der Waals surface area contributed by atoms with E-state index in [1.807, 2.05) is 0 Å². The molecule has 1 nitrogen and oxygen atoms in total. The van der Waals surface area contributed by atoms with Crippen molar-refractivity contribution in [1.82, 2.24) is 0 Å². The van der Waals surface area contributed by atoms with Gasteiger partial charge in [0.1, 0.15) is 6.17 Å². The third kappa shape index (κ3) is 6.16. The monoisotopic (exact) mass is 177 g/mol. The summed E-state index contributed by atoms with van der Waals surface area (Å²) in [4.78, 5) is 0. The fourth-order valence-corrected chi connectivity index (χ4v) is 0.431. The molecule has 5 heteroatoms. The van der Waals surface area contributed by atoms with Crippen LogP contribution in [0.1, 0.15) is 12.8 Å². The fraction of sp³-hybridized carbons (Fsp3) is 1.00. The van der Waals surface area contributed by atoms with Crippen molar-refractivity contribution in [2.45, 2.75) is 25.3 Å². The van der Waals surface area contributed by atoms with E-state index in [0.717, 1.165) is 0 Å². The summed E-state index contributed by atoms with van der Waals surface area (Å²) in [5, 5.41) is 0. The Morgan fingerprint density at radius 1 is 1.30 bits per heavy atom. The van der Waals surface area contributed by atoms with Gasteiger partial charge in [-0.3, -0.25) is 10.1 Å². The SMILES string of the molecule is Cl.NC(F)C(F)CCCF. The third-order valence-corrected chi connectivity index (χ3v) is 0.959. The van der Waals surface area contributed by atoms with Crippen LogP contribution in [0.5, 0.6) is 0 Å². The quantitative estimate of drug-likeness (QED) is 0.651. The first-order valence-electron chi connectivity index (χ1n) is 2.78. The molecule has 0 aromatic heterocycles. The van der Waals surface area contributed by atoms with Crippen LogP contribution in [-0.2, 0) is 0 Å². The first kappa shape index (κ1) is 12.7. The van der Waals surface area contributed by atoms with Crippen molar-refractivity contribution in [3.8, 4) is 0 Å². The maximum absolute atomic E-state index is 12.0. The predicted octanol–water partition coefficient (Wildman–Crippen LogP) is 1.75. The molecule has 2 N–H and O–H groups in total. The Morgan fingerprint density at radius 2 is 1.80 bits per heavy atom. The van der Waals surface area contributed by atoms with Gasteiger partial charge in [0.2, 0.25) is 0 Å². The first-order valence-corrected chi connectivity index (χ1v) is 2.78. The summed E-state index contributed by atoms with van der Waals surface area (Å²) in [6.45, 7) is -0.618. The van der Waals surface area contributed by atoms with Crippen LogP contribution < -0.4 is 5.73 Å². The second kappa shape index (κ2) is 7.15. The van der Waals surface area contributed by atoms with Gasteiger partial charge in [0, 0.05) is 0 Å². The molecule has 64 valence electrons. The molecule has 0 rings (SSSR count). The zero-order chi connectivity index (χ0) is 7.28. The standard InChI is InChI=1S/C5H10F3N.ClH/c6-3-1-2-4(7)5(8)9;/h4-5H,1-3,9H2;1H. The number of alkyl halides is 3. The summed E-state index contributed by atoms with van der Waals surface area (Å²) in [5.41, 5.74) is 4.51. The molecule has 0 bridgehead atoms. The number of nitrogens with two attached hydrogens (primary N) is 1. The summed E-state index contributed by atoms with van der Waals surface area (Å²) in [6, 6.07) is 0. The van der Waals surface area contributed by atoms with E-state index in [1.165, 1.54) is 0 Å². The van der Waals surface area contributed by atoms with E-state index in [1.54, 1.807) is 0 Å². The zero-order valence-electron chi connectivity index (χ0n) is 5.40. The topological polar surface area (TPSA) is 26.0 Å². The molecule has 0 spiro atoms. The summed E-state index contributed by atoms with van der Waals surface area (Å²) < 4.78 is 35.0. The molecule has 0 aromatic rings. The predicted molar refractivity (Wildman–Crippen MR) is 36.4 cm³/mol. The third-order valence-electron chi connectivity index (χ3n) is 0.959. The Labute approximate surface area is 64.2 Å². The lowest BCUT2D eigenvalue weighted by atomic mass is 10.2. The molecule has 0 amide bonds. The number of halogens is 4. The van der Waals surface area contributed by atoms with Crippen molar-refractivity contribution in [2.24, 2.45) is 5.73 Å². The lowest BCUT2D eigenvalue weighted by Gasteiger charge is -2.05. The van der Waals surface area contributed by atoms with Crippen molar-refractivity contribution in [1.29, 1.82) is 0 Å². The Balaban J connectivity index is 0. The van der Waals surface area contributed by atoms with E-state index in [2.05, 4.69) is 5.73 Å². The number of rotatable bonds is 4. The van der Waals surface area contributed by atoms with Crippen LogP contribution in [0.25, 0.3) is 0 Å². The molecule has 2 atom stereocenters. The highest BCUT2D eigenvalue weighted by Crippen LogP contribution is 2.05. The maximum Gasteiger partial charge on any atom is 0.180 e. The van der Waals surface area contributed by atoms with Crippen molar-refractivity contribution in [3.63, 3.8) is 0 Å². The molecular weight excluding hydrogens is 167 g/mol. The van der Waals surface area contributed by atoms with Crippen LogP contribution in [0.4, 0.5) is 13.2 Å². The molecule has 0 aliphatic rings. The van der Waals surface area contributed by atoms with E-state index in [4.69, 9.17) is 0 Å². The van der Waals surface area contributed by atoms with Crippen LogP contribution in [0.2, 0.25) is 0 Å². The average molecular weight is 178 g/mol. The molecule has 0 saturated heterocycles. The molecule has 0 aliphatic carbocycles. The van der Waals surface area contributed by atoms with Crippen LogP contribution in [-0.4, -0.2) is 19.1 Å². The molecule has 0 aliphatic heterocycles. The van der Waals surface area contributed by atoms with Crippen LogP contribution in [0.15, 0.2) is 0 Å². The molecule has 0 heterocycles. The van der Waals surface area contributed by atoms with Crippen LogP contribution >= 0.6 is 12.4 Å². The normalized spacial score (nSPS) is 15.6. The lowest BCUT2D eigenvalue weighted by Crippen LogP contribution is -2.26. The molecule has 10 heavy (non-hydrogen) atoms. The van der Waals surface area contributed by atoms with Gasteiger partial charge >= 0.3 is 0 Å². The second-order valence-electron chi connectivity index (χ2n) is 1.79. The van der Waals surface area contributed by atoms with Gasteiger partial charge in [-0.25, -0.2) is 8.78 Å². The highest BCUT2D eigenvalue weighted by Gasteiger charge is 2.13. The highest BCUT2D eigenvalue weighted by molar-refractivity contribution is 5.85. The second-order valence-corrected chi connectivity index (χ2v) is 1.79. The maximum atomic E-state index is 12.0. The van der Waals surface area contributed by atoms with E-state index < -0.39 is 19.1 Å². The highest BCUT2D eigenvalue weighted by atomic mass is 35.5. The van der Waals surface area contributed by atoms with E-state index in [9.17, 15) is 13.2 Å². The van der Waals surface area contributed by atoms with E-state index in [0.29, 0.717) is 0 Å². The van der Waals surface area contributed by atoms with Gasteiger partial charge in [-0.2, -0.15) is 0 Å². The lowest BCUT2D eigenvalue weighted by molar-refractivity contribution is 0.158. The van der Waals surface area contributed by atoms with Crippen LogP contribution in [0, 0.1) is 0 Å². The molecular formula is C5H11ClF3N. The Hall–Kier alpha value is 0.0400. The zero-order valence-corrected chi connectivity index (χ0v) is 6.21. The van der Waals surface area contributed by atoms with Crippen molar-refractivity contribution in [3.05, 3.63) is 0 Å². The van der Waals surface area contributed by atoms with E-state index >= 15 is 0 Å². The minimum atomic E-state index is -1.96. The molecule has 0 fully saturated rings. The van der Waals surface area contributed by atoms with Crippen molar-refractivity contribution < 1.29 is 13.2 Å². The molecule has 0 saturated carbocycles. The fourth-order valence-electron chi connectivity index (χ4n) is 0.431. The molecule has 0 radical (unpaired) electrons. The minimum absolute atomic E-state index is 0. The number of hydrogen-bond acceptors (Lipinski definition) is 1. The van der Waals surface area contributed by atoms with Gasteiger partial charge in [-0.1, -0.05) is 0 Å². The van der Waals surface area contributed by atoms with Gasteiger partial charge in [0.05, 0.1) is 6.67 Å². The van der Waals surface area contributed by atoms with Gasteiger partial charge < -0.3 is 0 Å². The molecule has 2 unspecified atom stereocenters. The van der Waals surface area contributed by atoms with Crippen LogP contribution in [0.3, 0.4) is 0 Å². The Kier molecular flexibility index (Phi) is 9.08. The van der Waals surface area contributed by atoms with Gasteiger partial charge in [-0.05, 0) is 12.8 Å². The van der Waals surface area contributed by atoms with Crippen molar-refractivity contribution >= 4 is 12.4 Å². The summed E-state index contributed by atoms with van der Waals surface area (Å²) >= 11 is 0. The number of hydrogen-bond donors (Lipinski definition) is 1. The molecule has 0 aromatic carbocycles. The summed E-state index contributed by atoms with van der Waals surface area (Å²) in [7, 11) is 0. The Morgan fingerprint density at radius 3 is 2.10 bits per heavy atom. The van der Waals surface area contributed by atoms with Crippen molar-refractivity contribution in [2.75, 3.05) is 6.67 Å². The largest absolute Gasteiger partial charge is 0.299 e. The summed E-state index contributed by atoms with van der Waals surface area (Å²) in [5.74, 6) is 0. The smallest absolute Gasteiger partial charge is 0.180 e.